The van der Waals surface area contributed by atoms with Gasteiger partial charge in [0.25, 0.3) is 0 Å². The zero-order valence-electron chi connectivity index (χ0n) is 13.6. The molecule has 2 aromatic carbocycles. The van der Waals surface area contributed by atoms with Crippen molar-refractivity contribution < 1.29 is 23.0 Å². The van der Waals surface area contributed by atoms with Crippen LogP contribution < -0.4 is 14.2 Å². The summed E-state index contributed by atoms with van der Waals surface area (Å²) in [5.41, 5.74) is 0.937. The monoisotopic (exact) mass is 351 g/mol. The average Bonchev–Trinajstić information content (AvgIpc) is 2.61. The molecule has 0 heterocycles. The first-order valence-corrected chi connectivity index (χ1v) is 8.87. The van der Waals surface area contributed by atoms with Crippen molar-refractivity contribution >= 4 is 10.0 Å². The first-order valence-electron chi connectivity index (χ1n) is 7.39. The first-order chi connectivity index (χ1) is 11.5. The van der Waals surface area contributed by atoms with Crippen LogP contribution in [0, 0.1) is 0 Å². The Balaban J connectivity index is 2.20. The Morgan fingerprint density at radius 2 is 1.71 bits per heavy atom. The molecule has 0 fully saturated rings. The Hall–Kier alpha value is -2.09. The van der Waals surface area contributed by atoms with Gasteiger partial charge in [-0.3, -0.25) is 0 Å². The predicted molar refractivity (Wildman–Crippen MR) is 90.9 cm³/mol. The fourth-order valence-electron chi connectivity index (χ4n) is 2.31. The molecule has 0 spiro atoms. The molecular formula is C17H21NO5S. The summed E-state index contributed by atoms with van der Waals surface area (Å²) in [6.07, 6.45) is 0.393. The van der Waals surface area contributed by atoms with E-state index in [9.17, 15) is 13.5 Å². The topological polar surface area (TPSA) is 84.9 Å². The molecule has 2 N–H and O–H groups in total. The summed E-state index contributed by atoms with van der Waals surface area (Å²) in [5.74, 6) is 0.767. The molecule has 0 aliphatic heterocycles. The zero-order chi connectivity index (χ0) is 17.6. The summed E-state index contributed by atoms with van der Waals surface area (Å²) in [7, 11) is -0.879. The third-order valence-corrected chi connectivity index (χ3v) is 5.05. The van der Waals surface area contributed by atoms with Gasteiger partial charge in [0.05, 0.1) is 25.7 Å². The van der Waals surface area contributed by atoms with Crippen molar-refractivity contribution in [1.82, 2.24) is 4.72 Å². The minimum Gasteiger partial charge on any atom is -0.493 e. The number of rotatable bonds is 8. The summed E-state index contributed by atoms with van der Waals surface area (Å²) in [6.45, 7) is -0.304. The van der Waals surface area contributed by atoms with Crippen molar-refractivity contribution in [3.05, 3.63) is 54.1 Å². The Morgan fingerprint density at radius 1 is 1.04 bits per heavy atom. The van der Waals surface area contributed by atoms with Crippen molar-refractivity contribution in [3.8, 4) is 11.5 Å². The lowest BCUT2D eigenvalue weighted by atomic mass is 10.1. The highest BCUT2D eigenvalue weighted by Gasteiger charge is 2.21. The lowest BCUT2D eigenvalue weighted by molar-refractivity contribution is 0.256. The second kappa shape index (κ2) is 8.14. The van der Waals surface area contributed by atoms with Crippen LogP contribution in [-0.2, 0) is 16.4 Å². The summed E-state index contributed by atoms with van der Waals surface area (Å²) in [4.78, 5) is 0.0478. The molecule has 0 saturated carbocycles. The van der Waals surface area contributed by atoms with Crippen LogP contribution in [0.25, 0.3) is 0 Å². The van der Waals surface area contributed by atoms with E-state index in [0.29, 0.717) is 17.9 Å². The van der Waals surface area contributed by atoms with Gasteiger partial charge in [-0.05, 0) is 24.1 Å². The molecule has 2 rings (SSSR count). The second-order valence-corrected chi connectivity index (χ2v) is 6.92. The van der Waals surface area contributed by atoms with Gasteiger partial charge in [-0.15, -0.1) is 0 Å². The maximum absolute atomic E-state index is 12.5. The maximum Gasteiger partial charge on any atom is 0.241 e. The van der Waals surface area contributed by atoms with Crippen LogP contribution >= 0.6 is 0 Å². The smallest absolute Gasteiger partial charge is 0.241 e. The lowest BCUT2D eigenvalue weighted by Crippen LogP contribution is -2.39. The SMILES string of the molecule is COc1ccc(S(=O)(=O)NC(CO)Cc2ccccc2)cc1OC. The molecule has 7 heteroatoms. The summed E-state index contributed by atoms with van der Waals surface area (Å²) < 4.78 is 37.8. The third kappa shape index (κ3) is 4.47. The fraction of sp³-hybridized carbons (Fsp3) is 0.294. The number of nitrogens with one attached hydrogen (secondary N) is 1. The van der Waals surface area contributed by atoms with E-state index < -0.39 is 16.1 Å². The molecule has 0 aliphatic rings. The number of hydrogen-bond acceptors (Lipinski definition) is 5. The van der Waals surface area contributed by atoms with Crippen LogP contribution in [-0.4, -0.2) is 40.4 Å². The van der Waals surface area contributed by atoms with Crippen LogP contribution in [0.4, 0.5) is 0 Å². The van der Waals surface area contributed by atoms with Crippen LogP contribution in [0.1, 0.15) is 5.56 Å². The molecule has 0 aliphatic carbocycles. The Morgan fingerprint density at radius 3 is 2.29 bits per heavy atom. The van der Waals surface area contributed by atoms with Gasteiger partial charge in [-0.25, -0.2) is 13.1 Å². The molecule has 0 amide bonds. The quantitative estimate of drug-likeness (QED) is 0.754. The molecule has 6 nitrogen and oxygen atoms in total. The van der Waals surface area contributed by atoms with E-state index in [4.69, 9.17) is 9.47 Å². The average molecular weight is 351 g/mol. The molecular weight excluding hydrogens is 330 g/mol. The second-order valence-electron chi connectivity index (χ2n) is 5.21. The number of hydrogen-bond donors (Lipinski definition) is 2. The van der Waals surface area contributed by atoms with Crippen LogP contribution in [0.15, 0.2) is 53.4 Å². The largest absolute Gasteiger partial charge is 0.493 e. The standard InChI is InChI=1S/C17H21NO5S/c1-22-16-9-8-15(11-17(16)23-2)24(20,21)18-14(12-19)10-13-6-4-3-5-7-13/h3-9,11,14,18-19H,10,12H2,1-2H3. The molecule has 0 bridgehead atoms. The van der Waals surface area contributed by atoms with Crippen molar-refractivity contribution in [1.29, 1.82) is 0 Å². The van der Waals surface area contributed by atoms with Gasteiger partial charge in [0.15, 0.2) is 11.5 Å². The highest BCUT2D eigenvalue weighted by molar-refractivity contribution is 7.89. The van der Waals surface area contributed by atoms with E-state index in [1.54, 1.807) is 0 Å². The van der Waals surface area contributed by atoms with Gasteiger partial charge in [0, 0.05) is 12.1 Å². The van der Waals surface area contributed by atoms with E-state index in [-0.39, 0.29) is 11.5 Å². The van der Waals surface area contributed by atoms with E-state index in [0.717, 1.165) is 5.56 Å². The van der Waals surface area contributed by atoms with Crippen molar-refractivity contribution in [3.63, 3.8) is 0 Å². The van der Waals surface area contributed by atoms with Crippen molar-refractivity contribution in [2.24, 2.45) is 0 Å². The number of methoxy groups -OCH3 is 2. The predicted octanol–water partition coefficient (Wildman–Crippen LogP) is 1.59. The molecule has 0 saturated heterocycles. The Kier molecular flexibility index (Phi) is 6.19. The fourth-order valence-corrected chi connectivity index (χ4v) is 3.56. The molecule has 130 valence electrons. The maximum atomic E-state index is 12.5. The summed E-state index contributed by atoms with van der Waals surface area (Å²) in [6, 6.07) is 13.1. The zero-order valence-corrected chi connectivity index (χ0v) is 14.4. The number of aliphatic hydroxyl groups excluding tert-OH is 1. The van der Waals surface area contributed by atoms with Gasteiger partial charge in [0.1, 0.15) is 0 Å². The van der Waals surface area contributed by atoms with Gasteiger partial charge < -0.3 is 14.6 Å². The van der Waals surface area contributed by atoms with Crippen LogP contribution in [0.3, 0.4) is 0 Å². The van der Waals surface area contributed by atoms with E-state index in [1.807, 2.05) is 30.3 Å². The highest BCUT2D eigenvalue weighted by Crippen LogP contribution is 2.29. The van der Waals surface area contributed by atoms with Crippen LogP contribution in [0.5, 0.6) is 11.5 Å². The van der Waals surface area contributed by atoms with Gasteiger partial charge in [0.2, 0.25) is 10.0 Å². The molecule has 0 aromatic heterocycles. The Bertz CT molecular complexity index is 762. The minimum absolute atomic E-state index is 0.0478. The Labute approximate surface area is 142 Å². The summed E-state index contributed by atoms with van der Waals surface area (Å²) in [5, 5.41) is 9.51. The van der Waals surface area contributed by atoms with Gasteiger partial charge >= 0.3 is 0 Å². The molecule has 1 unspecified atom stereocenters. The molecule has 2 aromatic rings. The van der Waals surface area contributed by atoms with Crippen LogP contribution in [0.2, 0.25) is 0 Å². The lowest BCUT2D eigenvalue weighted by Gasteiger charge is -2.17. The van der Waals surface area contributed by atoms with E-state index in [1.165, 1.54) is 32.4 Å². The number of aliphatic hydroxyl groups is 1. The molecule has 0 radical (unpaired) electrons. The number of ether oxygens (including phenoxy) is 2. The first kappa shape index (κ1) is 18.3. The van der Waals surface area contributed by atoms with E-state index in [2.05, 4.69) is 4.72 Å². The van der Waals surface area contributed by atoms with Gasteiger partial charge in [-0.1, -0.05) is 30.3 Å². The van der Waals surface area contributed by atoms with Gasteiger partial charge in [-0.2, -0.15) is 0 Å². The normalized spacial score (nSPS) is 12.6. The van der Waals surface area contributed by atoms with E-state index >= 15 is 0 Å². The number of benzene rings is 2. The molecule has 1 atom stereocenters. The third-order valence-electron chi connectivity index (χ3n) is 3.53. The number of sulfonamides is 1. The molecule has 24 heavy (non-hydrogen) atoms. The minimum atomic E-state index is -3.79. The summed E-state index contributed by atoms with van der Waals surface area (Å²) >= 11 is 0. The van der Waals surface area contributed by atoms with Crippen molar-refractivity contribution in [2.75, 3.05) is 20.8 Å². The highest BCUT2D eigenvalue weighted by atomic mass is 32.2. The van der Waals surface area contributed by atoms with Crippen molar-refractivity contribution in [2.45, 2.75) is 17.4 Å².